The molecule has 0 aromatic carbocycles. The molecule has 2 aliphatic rings. The van der Waals surface area contributed by atoms with Gasteiger partial charge in [0.2, 0.25) is 0 Å². The number of hydrogen-bond acceptors (Lipinski definition) is 2. The van der Waals surface area contributed by atoms with Crippen LogP contribution in [0, 0.1) is 5.92 Å². The summed E-state index contributed by atoms with van der Waals surface area (Å²) in [6, 6.07) is 0.900. The lowest BCUT2D eigenvalue weighted by molar-refractivity contribution is 0.211. The van der Waals surface area contributed by atoms with Crippen LogP contribution in [0.25, 0.3) is 0 Å². The zero-order chi connectivity index (χ0) is 8.55. The number of epoxide rings is 1. The maximum Gasteiger partial charge on any atom is 0.0936 e. The zero-order valence-corrected chi connectivity index (χ0v) is 8.12. The normalized spacial score (nSPS) is 28.5. The first-order valence-electron chi connectivity index (χ1n) is 5.11. The lowest BCUT2D eigenvalue weighted by Crippen LogP contribution is -2.33. The van der Waals surface area contributed by atoms with Gasteiger partial charge >= 0.3 is 0 Å². The molecule has 0 bridgehead atoms. The third-order valence-electron chi connectivity index (χ3n) is 2.50. The number of ether oxygens (including phenoxy) is 1. The minimum absolute atomic E-state index is 0.573. The summed E-state index contributed by atoms with van der Waals surface area (Å²) in [5.41, 5.74) is 0. The average molecular weight is 169 g/mol. The van der Waals surface area contributed by atoms with Crippen molar-refractivity contribution in [2.45, 2.75) is 38.8 Å². The quantitative estimate of drug-likeness (QED) is 0.580. The SMILES string of the molecule is CC(C)CN(CC1CO1)C1CC1. The van der Waals surface area contributed by atoms with Crippen LogP contribution in [0.5, 0.6) is 0 Å². The van der Waals surface area contributed by atoms with Gasteiger partial charge in [-0.25, -0.2) is 0 Å². The topological polar surface area (TPSA) is 15.8 Å². The van der Waals surface area contributed by atoms with Gasteiger partial charge in [-0.2, -0.15) is 0 Å². The largest absolute Gasteiger partial charge is 0.372 e. The molecule has 0 aromatic rings. The van der Waals surface area contributed by atoms with Crippen LogP contribution in [-0.2, 0) is 4.74 Å². The summed E-state index contributed by atoms with van der Waals surface area (Å²) < 4.78 is 5.26. The molecule has 70 valence electrons. The summed E-state index contributed by atoms with van der Waals surface area (Å²) in [6.07, 6.45) is 3.41. The minimum atomic E-state index is 0.573. The summed E-state index contributed by atoms with van der Waals surface area (Å²) >= 11 is 0. The van der Waals surface area contributed by atoms with E-state index >= 15 is 0 Å². The second-order valence-electron chi connectivity index (χ2n) is 4.53. The molecule has 1 aliphatic heterocycles. The standard InChI is InChI=1S/C10H19NO/c1-8(2)5-11(9-3-4-9)6-10-7-12-10/h8-10H,3-7H2,1-2H3. The van der Waals surface area contributed by atoms with Gasteiger partial charge in [-0.15, -0.1) is 0 Å². The third-order valence-corrected chi connectivity index (χ3v) is 2.50. The first kappa shape index (κ1) is 8.52. The van der Waals surface area contributed by atoms with E-state index in [1.54, 1.807) is 0 Å². The van der Waals surface area contributed by atoms with Crippen molar-refractivity contribution in [2.24, 2.45) is 5.92 Å². The Labute approximate surface area is 74.9 Å². The van der Waals surface area contributed by atoms with E-state index in [9.17, 15) is 0 Å². The van der Waals surface area contributed by atoms with Crippen LogP contribution in [0.2, 0.25) is 0 Å². The first-order valence-corrected chi connectivity index (χ1v) is 5.11. The molecule has 2 nitrogen and oxygen atoms in total. The van der Waals surface area contributed by atoms with Crippen molar-refractivity contribution < 1.29 is 4.74 Å². The van der Waals surface area contributed by atoms with Crippen LogP contribution in [-0.4, -0.2) is 36.7 Å². The Kier molecular flexibility index (Phi) is 2.37. The van der Waals surface area contributed by atoms with Gasteiger partial charge < -0.3 is 4.74 Å². The van der Waals surface area contributed by atoms with Crippen LogP contribution < -0.4 is 0 Å². The molecule has 2 fully saturated rings. The monoisotopic (exact) mass is 169 g/mol. The fourth-order valence-electron chi connectivity index (χ4n) is 1.72. The molecule has 1 heterocycles. The summed E-state index contributed by atoms with van der Waals surface area (Å²) in [7, 11) is 0. The summed E-state index contributed by atoms with van der Waals surface area (Å²) in [5.74, 6) is 0.796. The molecule has 0 radical (unpaired) electrons. The van der Waals surface area contributed by atoms with Crippen molar-refractivity contribution in [1.82, 2.24) is 4.90 Å². The van der Waals surface area contributed by atoms with Crippen LogP contribution in [0.15, 0.2) is 0 Å². The summed E-state index contributed by atoms with van der Waals surface area (Å²) in [4.78, 5) is 2.61. The van der Waals surface area contributed by atoms with Crippen molar-refractivity contribution >= 4 is 0 Å². The Morgan fingerprint density at radius 2 is 2.08 bits per heavy atom. The van der Waals surface area contributed by atoms with Crippen LogP contribution in [0.3, 0.4) is 0 Å². The maximum absolute atomic E-state index is 5.26. The minimum Gasteiger partial charge on any atom is -0.372 e. The predicted octanol–water partition coefficient (Wildman–Crippen LogP) is 1.51. The molecular formula is C10H19NO. The number of hydrogen-bond donors (Lipinski definition) is 0. The second-order valence-corrected chi connectivity index (χ2v) is 4.53. The smallest absolute Gasteiger partial charge is 0.0936 e. The lowest BCUT2D eigenvalue weighted by Gasteiger charge is -2.22. The molecule has 1 unspecified atom stereocenters. The van der Waals surface area contributed by atoms with Crippen molar-refractivity contribution in [3.8, 4) is 0 Å². The molecule has 0 amide bonds. The van der Waals surface area contributed by atoms with Gasteiger partial charge in [-0.05, 0) is 18.8 Å². The van der Waals surface area contributed by atoms with Crippen LogP contribution >= 0.6 is 0 Å². The van der Waals surface area contributed by atoms with E-state index in [4.69, 9.17) is 4.74 Å². The van der Waals surface area contributed by atoms with Gasteiger partial charge in [0.1, 0.15) is 0 Å². The summed E-state index contributed by atoms with van der Waals surface area (Å²) in [5, 5.41) is 0. The molecule has 2 rings (SSSR count). The van der Waals surface area contributed by atoms with Gasteiger partial charge in [0.25, 0.3) is 0 Å². The molecule has 1 saturated heterocycles. The predicted molar refractivity (Wildman–Crippen MR) is 49.2 cm³/mol. The molecular weight excluding hydrogens is 150 g/mol. The van der Waals surface area contributed by atoms with E-state index in [2.05, 4.69) is 18.7 Å². The van der Waals surface area contributed by atoms with Gasteiger partial charge in [0.05, 0.1) is 12.7 Å². The highest BCUT2D eigenvalue weighted by molar-refractivity contribution is 4.88. The second kappa shape index (κ2) is 3.35. The Morgan fingerprint density at radius 3 is 2.50 bits per heavy atom. The van der Waals surface area contributed by atoms with Crippen molar-refractivity contribution in [1.29, 1.82) is 0 Å². The highest BCUT2D eigenvalue weighted by atomic mass is 16.6. The van der Waals surface area contributed by atoms with Crippen molar-refractivity contribution in [2.75, 3.05) is 19.7 Å². The number of rotatable bonds is 5. The van der Waals surface area contributed by atoms with Gasteiger partial charge in [0.15, 0.2) is 0 Å². The highest BCUT2D eigenvalue weighted by Gasteiger charge is 2.34. The molecule has 0 spiro atoms. The molecule has 1 saturated carbocycles. The van der Waals surface area contributed by atoms with Gasteiger partial charge in [-0.3, -0.25) is 4.90 Å². The Balaban J connectivity index is 1.75. The average Bonchev–Trinajstić information content (AvgIpc) is 2.82. The third kappa shape index (κ3) is 2.46. The Bertz CT molecular complexity index is 146. The van der Waals surface area contributed by atoms with E-state index < -0.39 is 0 Å². The fraction of sp³-hybridized carbons (Fsp3) is 1.00. The maximum atomic E-state index is 5.26. The van der Waals surface area contributed by atoms with E-state index in [0.717, 1.165) is 18.6 Å². The number of nitrogens with zero attached hydrogens (tertiary/aromatic N) is 1. The van der Waals surface area contributed by atoms with E-state index in [-0.39, 0.29) is 0 Å². The lowest BCUT2D eigenvalue weighted by atomic mass is 10.2. The Hall–Kier alpha value is -0.0800. The first-order chi connectivity index (χ1) is 5.75. The molecule has 12 heavy (non-hydrogen) atoms. The molecule has 0 N–H and O–H groups in total. The van der Waals surface area contributed by atoms with Crippen LogP contribution in [0.4, 0.5) is 0 Å². The van der Waals surface area contributed by atoms with E-state index in [1.807, 2.05) is 0 Å². The molecule has 2 heteroatoms. The molecule has 0 aromatic heterocycles. The van der Waals surface area contributed by atoms with E-state index in [1.165, 1.54) is 25.9 Å². The van der Waals surface area contributed by atoms with E-state index in [0.29, 0.717) is 6.10 Å². The molecule has 1 atom stereocenters. The zero-order valence-electron chi connectivity index (χ0n) is 8.12. The highest BCUT2D eigenvalue weighted by Crippen LogP contribution is 2.29. The summed E-state index contributed by atoms with van der Waals surface area (Å²) in [6.45, 7) is 8.03. The van der Waals surface area contributed by atoms with Crippen molar-refractivity contribution in [3.63, 3.8) is 0 Å². The van der Waals surface area contributed by atoms with Crippen LogP contribution in [0.1, 0.15) is 26.7 Å². The van der Waals surface area contributed by atoms with Gasteiger partial charge in [-0.1, -0.05) is 13.8 Å². The van der Waals surface area contributed by atoms with Crippen molar-refractivity contribution in [3.05, 3.63) is 0 Å². The molecule has 1 aliphatic carbocycles. The van der Waals surface area contributed by atoms with Gasteiger partial charge in [0, 0.05) is 19.1 Å². The fourth-order valence-corrected chi connectivity index (χ4v) is 1.72. The Morgan fingerprint density at radius 1 is 1.42 bits per heavy atom.